The minimum absolute atomic E-state index is 0.207. The molecule has 0 unspecified atom stereocenters. The number of aromatic carboxylic acids is 1. The Kier molecular flexibility index (Phi) is 6.72. The van der Waals surface area contributed by atoms with Gasteiger partial charge >= 0.3 is 5.97 Å². The fourth-order valence-electron chi connectivity index (χ4n) is 3.97. The Balaban J connectivity index is 1.65. The molecule has 0 saturated heterocycles. The number of hydrogen-bond donors (Lipinski definition) is 1. The summed E-state index contributed by atoms with van der Waals surface area (Å²) in [6, 6.07) is 16.8. The van der Waals surface area contributed by atoms with E-state index < -0.39 is 5.97 Å². The molecule has 0 saturated carbocycles. The molecule has 0 aliphatic heterocycles. The molecular formula is C27H28N2O5. The van der Waals surface area contributed by atoms with E-state index in [0.717, 1.165) is 40.2 Å². The van der Waals surface area contributed by atoms with Crippen LogP contribution < -0.4 is 14.2 Å². The molecule has 0 fully saturated rings. The third-order valence-corrected chi connectivity index (χ3v) is 6.06. The molecule has 0 bridgehead atoms. The molecule has 4 aromatic rings. The molecule has 4 rings (SSSR count). The van der Waals surface area contributed by atoms with Crippen LogP contribution in [-0.2, 0) is 19.6 Å². The van der Waals surface area contributed by atoms with Crippen LogP contribution in [0.25, 0.3) is 11.0 Å². The second kappa shape index (κ2) is 9.87. The highest BCUT2D eigenvalue weighted by molar-refractivity contribution is 5.92. The molecule has 176 valence electrons. The molecule has 7 nitrogen and oxygen atoms in total. The van der Waals surface area contributed by atoms with E-state index >= 15 is 0 Å². The third kappa shape index (κ3) is 4.69. The quantitative estimate of drug-likeness (QED) is 0.370. The Morgan fingerprint density at radius 2 is 1.76 bits per heavy atom. The topological polar surface area (TPSA) is 82.8 Å². The first kappa shape index (κ1) is 23.2. The number of rotatable bonds is 9. The number of carboxylic acid groups (broad SMARTS) is 1. The van der Waals surface area contributed by atoms with Crippen molar-refractivity contribution in [1.29, 1.82) is 0 Å². The minimum Gasteiger partial charge on any atom is -0.493 e. The average Bonchev–Trinajstić information content (AvgIpc) is 3.19. The molecule has 1 N–H and O–H groups in total. The van der Waals surface area contributed by atoms with Crippen molar-refractivity contribution in [3.05, 3.63) is 82.7 Å². The fraction of sp³-hybridized carbons (Fsp3) is 0.259. The van der Waals surface area contributed by atoms with Gasteiger partial charge in [-0.1, -0.05) is 18.2 Å². The molecule has 1 heterocycles. The lowest BCUT2D eigenvalue weighted by Gasteiger charge is -2.14. The van der Waals surface area contributed by atoms with Crippen molar-refractivity contribution in [1.82, 2.24) is 9.55 Å². The number of carbonyl (C=O) groups is 1. The average molecular weight is 461 g/mol. The Labute approximate surface area is 198 Å². The summed E-state index contributed by atoms with van der Waals surface area (Å²) in [5, 5.41) is 9.39. The summed E-state index contributed by atoms with van der Waals surface area (Å²) in [5.41, 5.74) is 5.04. The first-order valence-corrected chi connectivity index (χ1v) is 11.0. The summed E-state index contributed by atoms with van der Waals surface area (Å²) in [7, 11) is 3.23. The maximum atomic E-state index is 11.5. The summed E-state index contributed by atoms with van der Waals surface area (Å²) in [6.07, 6.45) is 0.725. The van der Waals surface area contributed by atoms with E-state index in [1.54, 1.807) is 26.4 Å². The molecule has 0 radical (unpaired) electrons. The summed E-state index contributed by atoms with van der Waals surface area (Å²) >= 11 is 0. The molecule has 7 heteroatoms. The van der Waals surface area contributed by atoms with E-state index in [-0.39, 0.29) is 12.2 Å². The number of carboxylic acids is 1. The molecule has 0 aliphatic carbocycles. The Hall–Kier alpha value is -4.00. The van der Waals surface area contributed by atoms with Crippen LogP contribution in [0.3, 0.4) is 0 Å². The van der Waals surface area contributed by atoms with Crippen LogP contribution >= 0.6 is 0 Å². The predicted molar refractivity (Wildman–Crippen MR) is 130 cm³/mol. The first-order chi connectivity index (χ1) is 16.4. The predicted octanol–water partition coefficient (Wildman–Crippen LogP) is 5.19. The maximum Gasteiger partial charge on any atom is 0.335 e. The van der Waals surface area contributed by atoms with E-state index in [1.165, 1.54) is 0 Å². The largest absolute Gasteiger partial charge is 0.493 e. The summed E-state index contributed by atoms with van der Waals surface area (Å²) in [6.45, 7) is 5.00. The van der Waals surface area contributed by atoms with E-state index in [9.17, 15) is 9.90 Å². The summed E-state index contributed by atoms with van der Waals surface area (Å²) in [5.74, 6) is 1.93. The van der Waals surface area contributed by atoms with E-state index in [2.05, 4.69) is 4.57 Å². The van der Waals surface area contributed by atoms with Gasteiger partial charge in [-0.25, -0.2) is 9.78 Å². The zero-order valence-electron chi connectivity index (χ0n) is 19.8. The highest BCUT2D eigenvalue weighted by atomic mass is 16.5. The number of fused-ring (bicyclic) bond motifs is 1. The molecule has 3 aromatic carbocycles. The molecule has 0 spiro atoms. The van der Waals surface area contributed by atoms with Crippen molar-refractivity contribution in [3.8, 4) is 17.2 Å². The monoisotopic (exact) mass is 460 g/mol. The lowest BCUT2D eigenvalue weighted by molar-refractivity contribution is 0.0697. The van der Waals surface area contributed by atoms with Gasteiger partial charge < -0.3 is 23.9 Å². The Bertz CT molecular complexity index is 1340. The van der Waals surface area contributed by atoms with Crippen LogP contribution in [0.1, 0.15) is 32.9 Å². The normalized spacial score (nSPS) is 10.9. The number of methoxy groups -OCH3 is 2. The first-order valence-electron chi connectivity index (χ1n) is 11.0. The van der Waals surface area contributed by atoms with Gasteiger partial charge in [-0.15, -0.1) is 0 Å². The highest BCUT2D eigenvalue weighted by Crippen LogP contribution is 2.28. The second-order valence-corrected chi connectivity index (χ2v) is 8.11. The summed E-state index contributed by atoms with van der Waals surface area (Å²) < 4.78 is 19.0. The molecule has 0 amide bonds. The van der Waals surface area contributed by atoms with Gasteiger partial charge in [0, 0.05) is 6.54 Å². The van der Waals surface area contributed by atoms with Crippen LogP contribution in [-0.4, -0.2) is 34.8 Å². The molecule has 0 aliphatic rings. The van der Waals surface area contributed by atoms with Gasteiger partial charge in [0.2, 0.25) is 0 Å². The standard InChI is InChI=1S/C27H28N2O5/c1-17-6-5-7-23(18(17)2)34-16-26-28-21-15-20(27(30)31)9-10-22(21)29(26)13-12-19-8-11-24(32-3)25(14-19)33-4/h5-11,14-15H,12-13,16H2,1-4H3,(H,30,31). The van der Waals surface area contributed by atoms with E-state index in [4.69, 9.17) is 19.2 Å². The van der Waals surface area contributed by atoms with Gasteiger partial charge in [-0.05, 0) is 73.4 Å². The van der Waals surface area contributed by atoms with Gasteiger partial charge in [0.05, 0.1) is 30.8 Å². The molecule has 0 atom stereocenters. The third-order valence-electron chi connectivity index (χ3n) is 6.06. The van der Waals surface area contributed by atoms with Gasteiger partial charge in [-0.3, -0.25) is 0 Å². The molecule has 1 aromatic heterocycles. The second-order valence-electron chi connectivity index (χ2n) is 8.11. The van der Waals surface area contributed by atoms with Gasteiger partial charge in [-0.2, -0.15) is 0 Å². The Morgan fingerprint density at radius 3 is 2.50 bits per heavy atom. The zero-order chi connectivity index (χ0) is 24.2. The minimum atomic E-state index is -0.977. The van der Waals surface area contributed by atoms with Crippen LogP contribution in [0.15, 0.2) is 54.6 Å². The highest BCUT2D eigenvalue weighted by Gasteiger charge is 2.15. The zero-order valence-corrected chi connectivity index (χ0v) is 19.8. The number of aromatic nitrogens is 2. The lowest BCUT2D eigenvalue weighted by atomic mass is 10.1. The maximum absolute atomic E-state index is 11.5. The Morgan fingerprint density at radius 1 is 0.971 bits per heavy atom. The van der Waals surface area contributed by atoms with Gasteiger partial charge in [0.25, 0.3) is 0 Å². The summed E-state index contributed by atoms with van der Waals surface area (Å²) in [4.78, 5) is 16.2. The number of nitrogens with zero attached hydrogens (tertiary/aromatic N) is 2. The van der Waals surface area contributed by atoms with E-state index in [0.29, 0.717) is 23.6 Å². The van der Waals surface area contributed by atoms with Crippen LogP contribution in [0.4, 0.5) is 0 Å². The van der Waals surface area contributed by atoms with Crippen molar-refractivity contribution >= 4 is 17.0 Å². The molecular weight excluding hydrogens is 432 g/mol. The lowest BCUT2D eigenvalue weighted by Crippen LogP contribution is -2.10. The van der Waals surface area contributed by atoms with Crippen molar-refractivity contribution in [2.75, 3.05) is 14.2 Å². The number of benzene rings is 3. The van der Waals surface area contributed by atoms with Crippen molar-refractivity contribution < 1.29 is 24.1 Å². The number of ether oxygens (including phenoxy) is 3. The SMILES string of the molecule is COc1ccc(CCn2c(COc3cccc(C)c3C)nc3cc(C(=O)O)ccc32)cc1OC. The van der Waals surface area contributed by atoms with Crippen LogP contribution in [0, 0.1) is 13.8 Å². The van der Waals surface area contributed by atoms with Crippen LogP contribution in [0.2, 0.25) is 0 Å². The van der Waals surface area contributed by atoms with Crippen molar-refractivity contribution in [3.63, 3.8) is 0 Å². The van der Waals surface area contributed by atoms with Crippen LogP contribution in [0.5, 0.6) is 17.2 Å². The van der Waals surface area contributed by atoms with Crippen molar-refractivity contribution in [2.45, 2.75) is 33.4 Å². The number of aryl methyl sites for hydroxylation is 3. The number of hydrogen-bond acceptors (Lipinski definition) is 5. The molecule has 34 heavy (non-hydrogen) atoms. The van der Waals surface area contributed by atoms with Gasteiger partial charge in [0.15, 0.2) is 11.5 Å². The van der Waals surface area contributed by atoms with Gasteiger partial charge in [0.1, 0.15) is 18.2 Å². The fourth-order valence-corrected chi connectivity index (χ4v) is 3.97. The van der Waals surface area contributed by atoms with Crippen molar-refractivity contribution in [2.24, 2.45) is 0 Å². The van der Waals surface area contributed by atoms with E-state index in [1.807, 2.05) is 56.3 Å². The smallest absolute Gasteiger partial charge is 0.335 e. The number of imidazole rings is 1.